The second kappa shape index (κ2) is 4.94. The van der Waals surface area contributed by atoms with Gasteiger partial charge in [-0.2, -0.15) is 0 Å². The minimum atomic E-state index is -0.552. The van der Waals surface area contributed by atoms with E-state index < -0.39 is 5.60 Å². The number of hydrogen-bond acceptors (Lipinski definition) is 3. The van der Waals surface area contributed by atoms with Gasteiger partial charge < -0.3 is 15.2 Å². The lowest BCUT2D eigenvalue weighted by atomic mass is 9.83. The Morgan fingerprint density at radius 3 is 2.54 bits per heavy atom. The zero-order valence-corrected chi connectivity index (χ0v) is 8.68. The average molecular weight is 187 g/mol. The second-order valence-electron chi connectivity index (χ2n) is 3.92. The summed E-state index contributed by atoms with van der Waals surface area (Å²) in [6.07, 6.45) is 3.83. The van der Waals surface area contributed by atoms with E-state index in [-0.39, 0.29) is 0 Å². The molecule has 2 N–H and O–H groups in total. The topological polar surface area (TPSA) is 41.5 Å². The first kappa shape index (κ1) is 11.0. The highest BCUT2D eigenvalue weighted by molar-refractivity contribution is 4.87. The van der Waals surface area contributed by atoms with Crippen LogP contribution in [0.2, 0.25) is 0 Å². The molecule has 3 heteroatoms. The second-order valence-corrected chi connectivity index (χ2v) is 3.92. The van der Waals surface area contributed by atoms with Crippen molar-refractivity contribution in [2.75, 3.05) is 20.3 Å². The van der Waals surface area contributed by atoms with E-state index in [1.165, 1.54) is 0 Å². The van der Waals surface area contributed by atoms with E-state index >= 15 is 0 Å². The Hall–Kier alpha value is -0.120. The van der Waals surface area contributed by atoms with Gasteiger partial charge in [0.15, 0.2) is 0 Å². The molecule has 0 heterocycles. The number of nitrogens with one attached hydrogen (secondary N) is 1. The highest BCUT2D eigenvalue weighted by Crippen LogP contribution is 2.28. The standard InChI is InChI=1S/C10H21NO2/c1-3-13-8-10(12)6-4-9(11-2)5-7-10/h9,11-12H,3-8H2,1-2H3. The van der Waals surface area contributed by atoms with E-state index in [0.29, 0.717) is 19.3 Å². The summed E-state index contributed by atoms with van der Waals surface area (Å²) in [5.74, 6) is 0. The molecule has 1 saturated carbocycles. The molecule has 1 aliphatic carbocycles. The van der Waals surface area contributed by atoms with Crippen LogP contribution >= 0.6 is 0 Å². The lowest BCUT2D eigenvalue weighted by molar-refractivity contribution is -0.0696. The molecule has 0 saturated heterocycles. The fraction of sp³-hybridized carbons (Fsp3) is 1.00. The maximum Gasteiger partial charge on any atom is 0.0881 e. The number of ether oxygens (including phenoxy) is 1. The maximum atomic E-state index is 10.1. The Morgan fingerprint density at radius 2 is 2.08 bits per heavy atom. The van der Waals surface area contributed by atoms with Gasteiger partial charge in [-0.15, -0.1) is 0 Å². The summed E-state index contributed by atoms with van der Waals surface area (Å²) in [6.45, 7) is 3.15. The normalized spacial score (nSPS) is 34.8. The minimum Gasteiger partial charge on any atom is -0.387 e. The van der Waals surface area contributed by atoms with E-state index in [1.54, 1.807) is 0 Å². The maximum absolute atomic E-state index is 10.1. The van der Waals surface area contributed by atoms with Crippen LogP contribution in [0, 0.1) is 0 Å². The molecule has 3 nitrogen and oxygen atoms in total. The minimum absolute atomic E-state index is 0.500. The SMILES string of the molecule is CCOCC1(O)CCC(NC)CC1. The van der Waals surface area contributed by atoms with Crippen LogP contribution in [-0.4, -0.2) is 37.0 Å². The van der Waals surface area contributed by atoms with Crippen LogP contribution in [-0.2, 0) is 4.74 Å². The van der Waals surface area contributed by atoms with Crippen molar-refractivity contribution in [3.8, 4) is 0 Å². The number of aliphatic hydroxyl groups is 1. The van der Waals surface area contributed by atoms with E-state index in [9.17, 15) is 5.11 Å². The van der Waals surface area contributed by atoms with Crippen LogP contribution in [0.15, 0.2) is 0 Å². The van der Waals surface area contributed by atoms with Crippen molar-refractivity contribution in [2.45, 2.75) is 44.2 Å². The highest BCUT2D eigenvalue weighted by atomic mass is 16.5. The van der Waals surface area contributed by atoms with Gasteiger partial charge in [0.05, 0.1) is 12.2 Å². The smallest absolute Gasteiger partial charge is 0.0881 e. The summed E-state index contributed by atoms with van der Waals surface area (Å²) in [5, 5.41) is 13.3. The molecule has 78 valence electrons. The van der Waals surface area contributed by atoms with Gasteiger partial charge >= 0.3 is 0 Å². The molecule has 0 aromatic carbocycles. The van der Waals surface area contributed by atoms with Crippen LogP contribution in [0.4, 0.5) is 0 Å². The molecule has 0 aromatic rings. The van der Waals surface area contributed by atoms with E-state index in [0.717, 1.165) is 25.7 Å². The number of rotatable bonds is 4. The molecular formula is C10H21NO2. The molecule has 1 aliphatic rings. The fourth-order valence-corrected chi connectivity index (χ4v) is 1.88. The van der Waals surface area contributed by atoms with Gasteiger partial charge in [0.25, 0.3) is 0 Å². The quantitative estimate of drug-likeness (QED) is 0.687. The first-order valence-electron chi connectivity index (χ1n) is 5.17. The summed E-state index contributed by atoms with van der Waals surface area (Å²) >= 11 is 0. The molecule has 0 aromatic heterocycles. The third kappa shape index (κ3) is 3.25. The molecule has 0 spiro atoms. The lowest BCUT2D eigenvalue weighted by Gasteiger charge is -2.35. The van der Waals surface area contributed by atoms with Crippen molar-refractivity contribution < 1.29 is 9.84 Å². The van der Waals surface area contributed by atoms with Gasteiger partial charge in [-0.05, 0) is 39.7 Å². The lowest BCUT2D eigenvalue weighted by Crippen LogP contribution is -2.43. The van der Waals surface area contributed by atoms with Crippen LogP contribution in [0.25, 0.3) is 0 Å². The van der Waals surface area contributed by atoms with Crippen LogP contribution in [0.3, 0.4) is 0 Å². The Balaban J connectivity index is 2.28. The Labute approximate surface area is 80.5 Å². The Bertz CT molecular complexity index is 142. The Morgan fingerprint density at radius 1 is 1.46 bits per heavy atom. The molecule has 0 atom stereocenters. The zero-order valence-electron chi connectivity index (χ0n) is 8.68. The van der Waals surface area contributed by atoms with Crippen molar-refractivity contribution in [3.63, 3.8) is 0 Å². The predicted octanol–water partition coefficient (Wildman–Crippen LogP) is 0.916. The van der Waals surface area contributed by atoms with Crippen LogP contribution in [0.1, 0.15) is 32.6 Å². The third-order valence-electron chi connectivity index (χ3n) is 2.90. The Kier molecular flexibility index (Phi) is 4.16. The van der Waals surface area contributed by atoms with Crippen molar-refractivity contribution in [3.05, 3.63) is 0 Å². The van der Waals surface area contributed by atoms with Gasteiger partial charge in [-0.25, -0.2) is 0 Å². The molecule has 1 rings (SSSR count). The van der Waals surface area contributed by atoms with Gasteiger partial charge in [-0.1, -0.05) is 0 Å². The molecule has 0 radical (unpaired) electrons. The van der Waals surface area contributed by atoms with Gasteiger partial charge in [0.2, 0.25) is 0 Å². The summed E-state index contributed by atoms with van der Waals surface area (Å²) in [6, 6.07) is 0.585. The van der Waals surface area contributed by atoms with E-state index in [2.05, 4.69) is 5.32 Å². The predicted molar refractivity (Wildman–Crippen MR) is 52.8 cm³/mol. The van der Waals surface area contributed by atoms with Crippen molar-refractivity contribution in [1.82, 2.24) is 5.32 Å². The monoisotopic (exact) mass is 187 g/mol. The molecule has 0 bridgehead atoms. The van der Waals surface area contributed by atoms with Gasteiger partial charge in [0, 0.05) is 12.6 Å². The van der Waals surface area contributed by atoms with Crippen molar-refractivity contribution in [2.24, 2.45) is 0 Å². The summed E-state index contributed by atoms with van der Waals surface area (Å²) in [5.41, 5.74) is -0.552. The first-order chi connectivity index (χ1) is 6.20. The summed E-state index contributed by atoms with van der Waals surface area (Å²) in [7, 11) is 1.98. The summed E-state index contributed by atoms with van der Waals surface area (Å²) < 4.78 is 5.27. The van der Waals surface area contributed by atoms with Crippen molar-refractivity contribution in [1.29, 1.82) is 0 Å². The summed E-state index contributed by atoms with van der Waals surface area (Å²) in [4.78, 5) is 0. The molecule has 0 aliphatic heterocycles. The molecule has 0 unspecified atom stereocenters. The van der Waals surface area contributed by atoms with E-state index in [1.807, 2.05) is 14.0 Å². The number of hydrogen-bond donors (Lipinski definition) is 2. The molecular weight excluding hydrogens is 166 g/mol. The molecule has 0 amide bonds. The molecule has 13 heavy (non-hydrogen) atoms. The third-order valence-corrected chi connectivity index (χ3v) is 2.90. The molecule has 1 fully saturated rings. The van der Waals surface area contributed by atoms with Crippen molar-refractivity contribution >= 4 is 0 Å². The van der Waals surface area contributed by atoms with Gasteiger partial charge in [0.1, 0.15) is 0 Å². The fourth-order valence-electron chi connectivity index (χ4n) is 1.88. The highest BCUT2D eigenvalue weighted by Gasteiger charge is 2.32. The zero-order chi connectivity index (χ0) is 9.73. The van der Waals surface area contributed by atoms with Gasteiger partial charge in [-0.3, -0.25) is 0 Å². The van der Waals surface area contributed by atoms with E-state index in [4.69, 9.17) is 4.74 Å². The van der Waals surface area contributed by atoms with Crippen LogP contribution in [0.5, 0.6) is 0 Å². The first-order valence-corrected chi connectivity index (χ1v) is 5.17. The average Bonchev–Trinajstić information content (AvgIpc) is 2.16. The van der Waals surface area contributed by atoms with Crippen LogP contribution < -0.4 is 5.32 Å². The largest absolute Gasteiger partial charge is 0.387 e.